The van der Waals surface area contributed by atoms with Gasteiger partial charge in [0.15, 0.2) is 5.82 Å². The lowest BCUT2D eigenvalue weighted by Crippen LogP contribution is -2.29. The van der Waals surface area contributed by atoms with Gasteiger partial charge in [0.1, 0.15) is 23.0 Å². The Hall–Kier alpha value is -4.07. The molecule has 1 aromatic heterocycles. The molecule has 158 valence electrons. The number of ether oxygens (including phenoxy) is 2. The van der Waals surface area contributed by atoms with Gasteiger partial charge in [-0.05, 0) is 48.9 Å². The molecule has 31 heavy (non-hydrogen) atoms. The van der Waals surface area contributed by atoms with Crippen LogP contribution < -0.4 is 14.4 Å². The number of hydrogen-bond acceptors (Lipinski definition) is 7. The van der Waals surface area contributed by atoms with Gasteiger partial charge in [0.25, 0.3) is 5.78 Å². The lowest BCUT2D eigenvalue weighted by Gasteiger charge is -2.23. The van der Waals surface area contributed by atoms with Crippen LogP contribution in [0, 0.1) is 6.92 Å². The number of aliphatic hydroxyl groups excluding tert-OH is 1. The number of ketones is 1. The second-order valence-corrected chi connectivity index (χ2v) is 6.97. The Morgan fingerprint density at radius 2 is 1.58 bits per heavy atom. The van der Waals surface area contributed by atoms with Crippen LogP contribution in [0.3, 0.4) is 0 Å². The van der Waals surface area contributed by atoms with Crippen LogP contribution >= 0.6 is 0 Å². The van der Waals surface area contributed by atoms with Gasteiger partial charge in [0.2, 0.25) is 0 Å². The molecule has 8 nitrogen and oxygen atoms in total. The summed E-state index contributed by atoms with van der Waals surface area (Å²) in [5, 5.41) is 15.0. The van der Waals surface area contributed by atoms with Crippen molar-refractivity contribution in [2.45, 2.75) is 13.0 Å². The van der Waals surface area contributed by atoms with Gasteiger partial charge in [-0.25, -0.2) is 0 Å². The van der Waals surface area contributed by atoms with Crippen molar-refractivity contribution >= 4 is 23.3 Å². The standard InChI is InChI=1S/C23H20N2O6/c1-13-12-18(24-31-13)25-20(14-4-8-16(29-2)9-5-14)19(22(27)23(25)28)21(26)15-6-10-17(30-3)11-7-15/h4-12,20,26H,1-3H3/b21-19+. The summed E-state index contributed by atoms with van der Waals surface area (Å²) in [6, 6.07) is 14.1. The second-order valence-electron chi connectivity index (χ2n) is 6.97. The molecule has 0 spiro atoms. The molecule has 0 aliphatic carbocycles. The van der Waals surface area contributed by atoms with Gasteiger partial charge in [-0.1, -0.05) is 17.3 Å². The minimum atomic E-state index is -0.891. The topological polar surface area (TPSA) is 102 Å². The summed E-state index contributed by atoms with van der Waals surface area (Å²) in [6.45, 7) is 1.69. The van der Waals surface area contributed by atoms with Gasteiger partial charge in [-0.3, -0.25) is 14.5 Å². The SMILES string of the molecule is COc1ccc(/C(O)=C2\C(=O)C(=O)N(c3cc(C)on3)C2c2ccc(OC)cc2)cc1. The first-order valence-corrected chi connectivity index (χ1v) is 9.47. The van der Waals surface area contributed by atoms with Crippen molar-refractivity contribution in [2.24, 2.45) is 0 Å². The molecule has 1 aliphatic heterocycles. The molecule has 8 heteroatoms. The highest BCUT2D eigenvalue weighted by Crippen LogP contribution is 2.42. The molecule has 0 saturated carbocycles. The highest BCUT2D eigenvalue weighted by molar-refractivity contribution is 6.51. The summed E-state index contributed by atoms with van der Waals surface area (Å²) in [4.78, 5) is 27.2. The number of amides is 1. The summed E-state index contributed by atoms with van der Waals surface area (Å²) in [5.74, 6) is -0.00634. The van der Waals surface area contributed by atoms with Crippen LogP contribution in [-0.4, -0.2) is 36.2 Å². The highest BCUT2D eigenvalue weighted by Gasteiger charge is 2.48. The molecule has 3 aromatic rings. The fourth-order valence-electron chi connectivity index (χ4n) is 3.54. The third-order valence-electron chi connectivity index (χ3n) is 5.10. The van der Waals surface area contributed by atoms with E-state index < -0.39 is 17.7 Å². The van der Waals surface area contributed by atoms with Crippen molar-refractivity contribution in [3.8, 4) is 11.5 Å². The Balaban J connectivity index is 1.90. The fraction of sp³-hybridized carbons (Fsp3) is 0.174. The number of aliphatic hydroxyl groups is 1. The molecule has 2 aromatic carbocycles. The summed E-state index contributed by atoms with van der Waals surface area (Å²) < 4.78 is 15.5. The number of benzene rings is 2. The van der Waals surface area contributed by atoms with E-state index in [4.69, 9.17) is 14.0 Å². The maximum atomic E-state index is 13.0. The average Bonchev–Trinajstić information content (AvgIpc) is 3.34. The van der Waals surface area contributed by atoms with Crippen molar-refractivity contribution in [1.29, 1.82) is 0 Å². The van der Waals surface area contributed by atoms with Gasteiger partial charge in [-0.15, -0.1) is 0 Å². The third kappa shape index (κ3) is 3.52. The molecule has 1 unspecified atom stereocenters. The maximum absolute atomic E-state index is 13.0. The number of carbonyl (C=O) groups excluding carboxylic acids is 2. The average molecular weight is 420 g/mol. The lowest BCUT2D eigenvalue weighted by molar-refractivity contribution is -0.132. The van der Waals surface area contributed by atoms with Crippen LogP contribution in [0.25, 0.3) is 5.76 Å². The molecule has 1 atom stereocenters. The number of rotatable bonds is 5. The predicted octanol–water partition coefficient (Wildman–Crippen LogP) is 3.63. The molecule has 0 radical (unpaired) electrons. The van der Waals surface area contributed by atoms with E-state index in [1.807, 2.05) is 0 Å². The number of Topliss-reactive ketones (excluding diaryl/α,β-unsaturated/α-hetero) is 1. The Bertz CT molecular complexity index is 1160. The molecule has 1 aliphatic rings. The molecule has 2 heterocycles. The summed E-state index contributed by atoms with van der Waals surface area (Å²) in [7, 11) is 3.08. The van der Waals surface area contributed by atoms with Crippen LogP contribution in [0.5, 0.6) is 11.5 Å². The minimum absolute atomic E-state index is 0.0408. The van der Waals surface area contributed by atoms with Crippen LogP contribution in [0.1, 0.15) is 22.9 Å². The van der Waals surface area contributed by atoms with Gasteiger partial charge >= 0.3 is 5.91 Å². The summed E-state index contributed by atoms with van der Waals surface area (Å²) in [5.41, 5.74) is 0.949. The van der Waals surface area contributed by atoms with Crippen LogP contribution in [0.2, 0.25) is 0 Å². The Morgan fingerprint density at radius 3 is 2.10 bits per heavy atom. The fourth-order valence-corrected chi connectivity index (χ4v) is 3.54. The van der Waals surface area contributed by atoms with E-state index in [-0.39, 0.29) is 17.2 Å². The second kappa shape index (κ2) is 7.98. The first-order chi connectivity index (χ1) is 14.9. The van der Waals surface area contributed by atoms with Gasteiger partial charge in [0.05, 0.1) is 25.8 Å². The van der Waals surface area contributed by atoms with Crippen molar-refractivity contribution in [1.82, 2.24) is 5.16 Å². The number of aromatic nitrogens is 1. The zero-order valence-corrected chi connectivity index (χ0v) is 17.2. The quantitative estimate of drug-likeness (QED) is 0.382. The Labute approximate surface area is 178 Å². The first kappa shape index (κ1) is 20.2. The highest BCUT2D eigenvalue weighted by atomic mass is 16.5. The van der Waals surface area contributed by atoms with Crippen LogP contribution in [-0.2, 0) is 9.59 Å². The monoisotopic (exact) mass is 420 g/mol. The Kier molecular flexibility index (Phi) is 5.21. The number of nitrogens with zero attached hydrogens (tertiary/aromatic N) is 2. The van der Waals surface area contributed by atoms with Crippen LogP contribution in [0.4, 0.5) is 5.82 Å². The number of carbonyl (C=O) groups is 2. The molecule has 0 bridgehead atoms. The summed E-state index contributed by atoms with van der Waals surface area (Å²) >= 11 is 0. The van der Waals surface area contributed by atoms with E-state index in [2.05, 4.69) is 5.16 Å². The van der Waals surface area contributed by atoms with Crippen molar-refractivity contribution in [2.75, 3.05) is 19.1 Å². The zero-order chi connectivity index (χ0) is 22.1. The Morgan fingerprint density at radius 1 is 1.00 bits per heavy atom. The lowest BCUT2D eigenvalue weighted by atomic mass is 9.95. The number of hydrogen-bond donors (Lipinski definition) is 1. The smallest absolute Gasteiger partial charge is 0.301 e. The van der Waals surface area contributed by atoms with E-state index in [0.717, 1.165) is 0 Å². The van der Waals surface area contributed by atoms with Crippen molar-refractivity contribution in [3.05, 3.63) is 77.1 Å². The zero-order valence-electron chi connectivity index (χ0n) is 17.2. The van der Waals surface area contributed by atoms with Gasteiger partial charge in [0, 0.05) is 11.6 Å². The predicted molar refractivity (Wildman–Crippen MR) is 112 cm³/mol. The molecule has 4 rings (SSSR count). The number of anilines is 1. The normalized spacial score (nSPS) is 17.8. The minimum Gasteiger partial charge on any atom is -0.507 e. The largest absolute Gasteiger partial charge is 0.507 e. The molecule has 1 amide bonds. The molecule has 1 N–H and O–H groups in total. The number of methoxy groups -OCH3 is 2. The van der Waals surface area contributed by atoms with E-state index in [0.29, 0.717) is 28.4 Å². The van der Waals surface area contributed by atoms with E-state index in [1.54, 1.807) is 68.6 Å². The van der Waals surface area contributed by atoms with Gasteiger partial charge in [-0.2, -0.15) is 0 Å². The van der Waals surface area contributed by atoms with E-state index in [9.17, 15) is 14.7 Å². The molecular formula is C23H20N2O6. The first-order valence-electron chi connectivity index (χ1n) is 9.47. The van der Waals surface area contributed by atoms with Crippen molar-refractivity contribution in [3.63, 3.8) is 0 Å². The molecular weight excluding hydrogens is 400 g/mol. The van der Waals surface area contributed by atoms with Crippen LogP contribution in [0.15, 0.2) is 64.7 Å². The number of aryl methyl sites for hydroxylation is 1. The maximum Gasteiger partial charge on any atom is 0.301 e. The van der Waals surface area contributed by atoms with Gasteiger partial charge < -0.3 is 19.1 Å². The summed E-state index contributed by atoms with van der Waals surface area (Å²) in [6.07, 6.45) is 0. The van der Waals surface area contributed by atoms with E-state index in [1.165, 1.54) is 12.0 Å². The van der Waals surface area contributed by atoms with E-state index >= 15 is 0 Å². The third-order valence-corrected chi connectivity index (χ3v) is 5.10. The van der Waals surface area contributed by atoms with Crippen molar-refractivity contribution < 1.29 is 28.7 Å². The molecule has 1 saturated heterocycles. The molecule has 1 fully saturated rings.